The molecule has 0 spiro atoms. The molecule has 4 nitrogen and oxygen atoms in total. The molecule has 1 rings (SSSR count). The highest BCUT2D eigenvalue weighted by Gasteiger charge is 2.25. The molecule has 4 heteroatoms. The average molecular weight is 210 g/mol. The molecule has 2 unspecified atom stereocenters. The normalized spacial score (nSPS) is 14.3. The van der Waals surface area contributed by atoms with E-state index in [-0.39, 0.29) is 0 Å². The van der Waals surface area contributed by atoms with Crippen molar-refractivity contribution in [3.05, 3.63) is 29.8 Å². The second-order valence-corrected chi connectivity index (χ2v) is 3.31. The molecule has 0 aliphatic rings. The molecule has 0 saturated carbocycles. The third-order valence-corrected chi connectivity index (χ3v) is 2.32. The van der Waals surface area contributed by atoms with Gasteiger partial charge in [-0.15, -0.1) is 0 Å². The van der Waals surface area contributed by atoms with Gasteiger partial charge in [0.2, 0.25) is 0 Å². The summed E-state index contributed by atoms with van der Waals surface area (Å²) in [5.74, 6) is -1.40. The van der Waals surface area contributed by atoms with E-state index < -0.39 is 18.0 Å². The Balaban J connectivity index is 2.99. The highest BCUT2D eigenvalue weighted by atomic mass is 16.5. The fourth-order valence-electron chi connectivity index (χ4n) is 1.32. The van der Waals surface area contributed by atoms with Gasteiger partial charge in [0.25, 0.3) is 0 Å². The second-order valence-electron chi connectivity index (χ2n) is 3.31. The Hall–Kier alpha value is -1.55. The molecular weight excluding hydrogens is 196 g/mol. The van der Waals surface area contributed by atoms with Gasteiger partial charge in [0.05, 0.1) is 19.1 Å². The molecule has 15 heavy (non-hydrogen) atoms. The van der Waals surface area contributed by atoms with Gasteiger partial charge >= 0.3 is 5.97 Å². The smallest absolute Gasteiger partial charge is 0.309 e. The zero-order chi connectivity index (χ0) is 11.4. The van der Waals surface area contributed by atoms with Gasteiger partial charge in [0.15, 0.2) is 0 Å². The quantitative estimate of drug-likeness (QED) is 0.789. The molecule has 0 aromatic heterocycles. The Bertz CT molecular complexity index is 348. The van der Waals surface area contributed by atoms with Crippen LogP contribution in [0.15, 0.2) is 24.3 Å². The lowest BCUT2D eigenvalue weighted by atomic mass is 9.97. The molecule has 82 valence electrons. The molecule has 1 aromatic carbocycles. The van der Waals surface area contributed by atoms with Crippen LogP contribution in [-0.4, -0.2) is 23.3 Å². The minimum absolute atomic E-state index is 0.495. The van der Waals surface area contributed by atoms with Crippen molar-refractivity contribution < 1.29 is 19.7 Å². The number of carbonyl (C=O) groups is 1. The summed E-state index contributed by atoms with van der Waals surface area (Å²) in [5, 5.41) is 18.6. The summed E-state index contributed by atoms with van der Waals surface area (Å²) in [6, 6.07) is 6.84. The number of hydrogen-bond acceptors (Lipinski definition) is 3. The summed E-state index contributed by atoms with van der Waals surface area (Å²) in [4.78, 5) is 10.7. The van der Waals surface area contributed by atoms with E-state index in [0.29, 0.717) is 11.3 Å². The van der Waals surface area contributed by atoms with Crippen molar-refractivity contribution in [2.24, 2.45) is 5.92 Å². The third kappa shape index (κ3) is 2.47. The van der Waals surface area contributed by atoms with Gasteiger partial charge in [-0.05, 0) is 13.0 Å². The van der Waals surface area contributed by atoms with Crippen LogP contribution in [0.1, 0.15) is 18.6 Å². The molecule has 0 bridgehead atoms. The number of carboxylic acid groups (broad SMARTS) is 1. The van der Waals surface area contributed by atoms with Crippen LogP contribution in [0.5, 0.6) is 5.75 Å². The minimum Gasteiger partial charge on any atom is -0.496 e. The van der Waals surface area contributed by atoms with Crippen molar-refractivity contribution in [3.8, 4) is 5.75 Å². The molecule has 0 amide bonds. The molecule has 0 saturated heterocycles. The van der Waals surface area contributed by atoms with Gasteiger partial charge < -0.3 is 14.9 Å². The predicted octanol–water partition coefficient (Wildman–Crippen LogP) is 1.45. The second kappa shape index (κ2) is 4.79. The van der Waals surface area contributed by atoms with Gasteiger partial charge in [-0.1, -0.05) is 18.2 Å². The Morgan fingerprint density at radius 3 is 2.53 bits per heavy atom. The van der Waals surface area contributed by atoms with E-state index in [2.05, 4.69) is 0 Å². The molecule has 0 fully saturated rings. The topological polar surface area (TPSA) is 66.8 Å². The largest absolute Gasteiger partial charge is 0.496 e. The van der Waals surface area contributed by atoms with Crippen molar-refractivity contribution in [3.63, 3.8) is 0 Å². The van der Waals surface area contributed by atoms with Crippen LogP contribution in [-0.2, 0) is 4.79 Å². The van der Waals surface area contributed by atoms with Crippen LogP contribution in [0.25, 0.3) is 0 Å². The molecule has 2 atom stereocenters. The Morgan fingerprint density at radius 2 is 2.00 bits per heavy atom. The molecule has 1 aromatic rings. The first kappa shape index (κ1) is 11.5. The van der Waals surface area contributed by atoms with Gasteiger partial charge in [0.1, 0.15) is 5.75 Å². The Morgan fingerprint density at radius 1 is 1.40 bits per heavy atom. The summed E-state index contributed by atoms with van der Waals surface area (Å²) in [7, 11) is 1.48. The minimum atomic E-state index is -1.06. The van der Waals surface area contributed by atoms with E-state index >= 15 is 0 Å². The number of aliphatic hydroxyl groups excluding tert-OH is 1. The van der Waals surface area contributed by atoms with Gasteiger partial charge in [0, 0.05) is 5.56 Å². The lowest BCUT2D eigenvalue weighted by Gasteiger charge is -2.17. The molecule has 0 radical (unpaired) electrons. The first-order valence-corrected chi connectivity index (χ1v) is 4.61. The summed E-state index contributed by atoms with van der Waals surface area (Å²) >= 11 is 0. The third-order valence-electron chi connectivity index (χ3n) is 2.32. The summed E-state index contributed by atoms with van der Waals surface area (Å²) in [5.41, 5.74) is 0.495. The van der Waals surface area contributed by atoms with Crippen molar-refractivity contribution in [1.29, 1.82) is 0 Å². The molecule has 0 heterocycles. The van der Waals surface area contributed by atoms with Crippen molar-refractivity contribution >= 4 is 5.97 Å². The maximum Gasteiger partial charge on any atom is 0.309 e. The fraction of sp³-hybridized carbons (Fsp3) is 0.364. The number of para-hydroxylation sites is 1. The van der Waals surface area contributed by atoms with Gasteiger partial charge in [-0.2, -0.15) is 0 Å². The van der Waals surface area contributed by atoms with E-state index in [9.17, 15) is 9.90 Å². The molecule has 2 N–H and O–H groups in total. The molecule has 0 aliphatic heterocycles. The maximum absolute atomic E-state index is 10.7. The summed E-state index contributed by atoms with van der Waals surface area (Å²) in [6.07, 6.45) is -1.06. The zero-order valence-corrected chi connectivity index (χ0v) is 8.68. The number of aliphatic carboxylic acids is 1. The van der Waals surface area contributed by atoms with Crippen LogP contribution >= 0.6 is 0 Å². The van der Waals surface area contributed by atoms with E-state index in [1.54, 1.807) is 24.3 Å². The first-order valence-electron chi connectivity index (χ1n) is 4.61. The summed E-state index contributed by atoms with van der Waals surface area (Å²) < 4.78 is 5.04. The number of aliphatic hydroxyl groups is 1. The van der Waals surface area contributed by atoms with Crippen LogP contribution in [0.3, 0.4) is 0 Å². The van der Waals surface area contributed by atoms with E-state index in [1.165, 1.54) is 14.0 Å². The number of ether oxygens (including phenoxy) is 1. The maximum atomic E-state index is 10.7. The van der Waals surface area contributed by atoms with Gasteiger partial charge in [-0.3, -0.25) is 4.79 Å². The average Bonchev–Trinajstić information content (AvgIpc) is 2.26. The Kier molecular flexibility index (Phi) is 3.68. The fourth-order valence-corrected chi connectivity index (χ4v) is 1.32. The lowest BCUT2D eigenvalue weighted by molar-refractivity contribution is -0.145. The van der Waals surface area contributed by atoms with Crippen molar-refractivity contribution in [2.45, 2.75) is 13.0 Å². The number of methoxy groups -OCH3 is 1. The van der Waals surface area contributed by atoms with E-state index in [0.717, 1.165) is 0 Å². The monoisotopic (exact) mass is 210 g/mol. The van der Waals surface area contributed by atoms with E-state index in [4.69, 9.17) is 9.84 Å². The number of rotatable bonds is 4. The zero-order valence-electron chi connectivity index (χ0n) is 8.68. The summed E-state index contributed by atoms with van der Waals surface area (Å²) in [6.45, 7) is 1.46. The van der Waals surface area contributed by atoms with Crippen molar-refractivity contribution in [1.82, 2.24) is 0 Å². The standard InChI is InChI=1S/C11H14O4/c1-7(11(13)14)10(12)8-5-3-4-6-9(8)15-2/h3-7,10,12H,1-2H3,(H,13,14). The number of hydrogen-bond donors (Lipinski definition) is 2. The number of benzene rings is 1. The molecular formula is C11H14O4. The van der Waals surface area contributed by atoms with Crippen LogP contribution in [0, 0.1) is 5.92 Å². The Labute approximate surface area is 88.1 Å². The predicted molar refractivity (Wildman–Crippen MR) is 54.8 cm³/mol. The van der Waals surface area contributed by atoms with Crippen LogP contribution in [0.4, 0.5) is 0 Å². The van der Waals surface area contributed by atoms with Gasteiger partial charge in [-0.25, -0.2) is 0 Å². The number of carboxylic acids is 1. The first-order chi connectivity index (χ1) is 7.07. The van der Waals surface area contributed by atoms with Crippen LogP contribution < -0.4 is 4.74 Å². The lowest BCUT2D eigenvalue weighted by Crippen LogP contribution is -2.19. The molecule has 0 aliphatic carbocycles. The van der Waals surface area contributed by atoms with Crippen LogP contribution in [0.2, 0.25) is 0 Å². The SMILES string of the molecule is COc1ccccc1C(O)C(C)C(=O)O. The van der Waals surface area contributed by atoms with Crippen molar-refractivity contribution in [2.75, 3.05) is 7.11 Å². The van der Waals surface area contributed by atoms with E-state index in [1.807, 2.05) is 0 Å². The highest BCUT2D eigenvalue weighted by molar-refractivity contribution is 5.70. The highest BCUT2D eigenvalue weighted by Crippen LogP contribution is 2.29.